The van der Waals surface area contributed by atoms with Crippen molar-refractivity contribution in [3.05, 3.63) is 59.2 Å². The first-order valence-corrected chi connectivity index (χ1v) is 9.34. The van der Waals surface area contributed by atoms with E-state index in [-0.39, 0.29) is 11.7 Å². The Balaban J connectivity index is 1.48. The Bertz CT molecular complexity index is 881. The number of amides is 2. The van der Waals surface area contributed by atoms with Crippen LogP contribution in [0, 0.1) is 11.6 Å². The molecule has 28 heavy (non-hydrogen) atoms. The molecule has 2 heterocycles. The van der Waals surface area contributed by atoms with Crippen molar-refractivity contribution < 1.29 is 23.0 Å². The van der Waals surface area contributed by atoms with E-state index >= 15 is 0 Å². The van der Waals surface area contributed by atoms with E-state index in [1.54, 1.807) is 12.0 Å². The number of carbonyl (C=O) groups excluding carboxylic acids is 1. The molecule has 5 nitrogen and oxygen atoms in total. The molecular weight excluding hydrogens is 366 g/mol. The molecule has 2 aromatic carbocycles. The summed E-state index contributed by atoms with van der Waals surface area (Å²) in [7, 11) is 1.66. The van der Waals surface area contributed by atoms with Crippen molar-refractivity contribution in [3.8, 4) is 5.75 Å². The Hall–Kier alpha value is -2.67. The number of hydrogen-bond acceptors (Lipinski definition) is 3. The van der Waals surface area contributed by atoms with Crippen LogP contribution < -0.4 is 10.1 Å². The molecule has 0 radical (unpaired) electrons. The Kier molecular flexibility index (Phi) is 4.93. The number of halogens is 2. The van der Waals surface area contributed by atoms with Gasteiger partial charge in [-0.1, -0.05) is 12.1 Å². The molecule has 0 bridgehead atoms. The summed E-state index contributed by atoms with van der Waals surface area (Å²) in [5, 5.41) is 2.63. The van der Waals surface area contributed by atoms with Crippen molar-refractivity contribution >= 4 is 11.7 Å². The number of rotatable bonds is 2. The van der Waals surface area contributed by atoms with Crippen LogP contribution in [0.5, 0.6) is 5.75 Å². The molecule has 0 saturated carbocycles. The normalized spacial score (nSPS) is 17.9. The van der Waals surface area contributed by atoms with Gasteiger partial charge in [0.25, 0.3) is 0 Å². The molecule has 1 spiro atoms. The minimum absolute atomic E-state index is 0.227. The fraction of sp³-hybridized carbons (Fsp3) is 0.381. The Morgan fingerprint density at radius 1 is 1.18 bits per heavy atom. The first kappa shape index (κ1) is 18.7. The van der Waals surface area contributed by atoms with Crippen molar-refractivity contribution in [2.75, 3.05) is 32.1 Å². The second-order valence-electron chi connectivity index (χ2n) is 7.13. The largest absolute Gasteiger partial charge is 0.496 e. The summed E-state index contributed by atoms with van der Waals surface area (Å²) in [6.45, 7) is 1.63. The monoisotopic (exact) mass is 388 g/mol. The van der Waals surface area contributed by atoms with Crippen LogP contribution in [0.2, 0.25) is 0 Å². The van der Waals surface area contributed by atoms with E-state index in [9.17, 15) is 13.6 Å². The van der Waals surface area contributed by atoms with E-state index < -0.39 is 17.2 Å². The van der Waals surface area contributed by atoms with Gasteiger partial charge < -0.3 is 19.7 Å². The lowest BCUT2D eigenvalue weighted by Crippen LogP contribution is -2.49. The predicted octanol–water partition coefficient (Wildman–Crippen LogP) is 4.07. The van der Waals surface area contributed by atoms with Crippen LogP contribution in [0.4, 0.5) is 19.3 Å². The van der Waals surface area contributed by atoms with Gasteiger partial charge in [0, 0.05) is 30.4 Å². The number of hydrogen-bond donors (Lipinski definition) is 1. The Labute approximate surface area is 162 Å². The molecule has 2 amide bonds. The molecule has 1 fully saturated rings. The number of urea groups is 1. The van der Waals surface area contributed by atoms with Crippen LogP contribution in [0.1, 0.15) is 24.0 Å². The second kappa shape index (κ2) is 7.39. The summed E-state index contributed by atoms with van der Waals surface area (Å²) in [6.07, 6.45) is 2.13. The van der Waals surface area contributed by atoms with Gasteiger partial charge in [0.15, 0.2) is 11.6 Å². The number of benzene rings is 2. The Morgan fingerprint density at radius 2 is 1.96 bits per heavy atom. The minimum atomic E-state index is -0.991. The van der Waals surface area contributed by atoms with Gasteiger partial charge in [-0.15, -0.1) is 0 Å². The Morgan fingerprint density at radius 3 is 2.68 bits per heavy atom. The second-order valence-corrected chi connectivity index (χ2v) is 7.13. The molecule has 0 aromatic heterocycles. The summed E-state index contributed by atoms with van der Waals surface area (Å²) in [5.74, 6) is -1.12. The van der Waals surface area contributed by atoms with Gasteiger partial charge in [0.05, 0.1) is 13.7 Å². The maximum Gasteiger partial charge on any atom is 0.321 e. The molecule has 1 N–H and O–H groups in total. The molecule has 2 aromatic rings. The minimum Gasteiger partial charge on any atom is -0.496 e. The van der Waals surface area contributed by atoms with Crippen molar-refractivity contribution in [2.45, 2.75) is 24.9 Å². The third-order valence-corrected chi connectivity index (χ3v) is 5.57. The lowest BCUT2D eigenvalue weighted by atomic mass is 9.79. The zero-order valence-corrected chi connectivity index (χ0v) is 15.6. The van der Waals surface area contributed by atoms with Gasteiger partial charge in [0.2, 0.25) is 0 Å². The van der Waals surface area contributed by atoms with Gasteiger partial charge >= 0.3 is 6.03 Å². The predicted molar refractivity (Wildman–Crippen MR) is 101 cm³/mol. The standard InChI is InChI=1S/C21H22F2N2O3/c1-27-18-4-2-3-14-7-12-28-21(19(14)18)8-10-25(11-9-21)20(26)24-15-5-6-16(22)17(23)13-15/h2-6,13H,7-12H2,1H3,(H,24,26). The number of ether oxygens (including phenoxy) is 2. The number of piperidine rings is 1. The van der Waals surface area contributed by atoms with Crippen LogP contribution in [0.25, 0.3) is 0 Å². The maximum absolute atomic E-state index is 13.4. The number of likely N-dealkylation sites (tertiary alicyclic amines) is 1. The third kappa shape index (κ3) is 3.30. The molecule has 2 aliphatic rings. The number of methoxy groups -OCH3 is 1. The summed E-state index contributed by atoms with van der Waals surface area (Å²) >= 11 is 0. The first-order valence-electron chi connectivity index (χ1n) is 9.34. The van der Waals surface area contributed by atoms with E-state index in [1.165, 1.54) is 11.6 Å². The first-order chi connectivity index (χ1) is 13.5. The number of nitrogens with zero attached hydrogens (tertiary/aromatic N) is 1. The molecule has 0 aliphatic carbocycles. The van der Waals surface area contributed by atoms with Crippen molar-refractivity contribution in [1.29, 1.82) is 0 Å². The van der Waals surface area contributed by atoms with Crippen LogP contribution in [0.15, 0.2) is 36.4 Å². The van der Waals surface area contributed by atoms with E-state index in [4.69, 9.17) is 9.47 Å². The molecular formula is C21H22F2N2O3. The topological polar surface area (TPSA) is 50.8 Å². The molecule has 4 rings (SSSR count). The summed E-state index contributed by atoms with van der Waals surface area (Å²) < 4.78 is 38.2. The molecule has 0 unspecified atom stereocenters. The van der Waals surface area contributed by atoms with Gasteiger partial charge in [-0.2, -0.15) is 0 Å². The average molecular weight is 388 g/mol. The smallest absolute Gasteiger partial charge is 0.321 e. The third-order valence-electron chi connectivity index (χ3n) is 5.57. The summed E-state index contributed by atoms with van der Waals surface area (Å²) in [6, 6.07) is 9.01. The van der Waals surface area contributed by atoms with Gasteiger partial charge in [0.1, 0.15) is 11.4 Å². The zero-order valence-electron chi connectivity index (χ0n) is 15.6. The van der Waals surface area contributed by atoms with Crippen LogP contribution >= 0.6 is 0 Å². The highest BCUT2D eigenvalue weighted by Crippen LogP contribution is 2.45. The van der Waals surface area contributed by atoms with Crippen LogP contribution in [0.3, 0.4) is 0 Å². The molecule has 1 saturated heterocycles. The summed E-state index contributed by atoms with van der Waals surface area (Å²) in [5.41, 5.74) is 2.08. The molecule has 148 valence electrons. The number of anilines is 1. The highest BCUT2D eigenvalue weighted by Gasteiger charge is 2.43. The lowest BCUT2D eigenvalue weighted by Gasteiger charge is -2.45. The molecule has 2 aliphatic heterocycles. The van der Waals surface area contributed by atoms with Crippen molar-refractivity contribution in [1.82, 2.24) is 4.90 Å². The number of nitrogens with one attached hydrogen (secondary N) is 1. The number of carbonyl (C=O) groups is 1. The highest BCUT2D eigenvalue weighted by atomic mass is 19.2. The SMILES string of the molecule is COc1cccc2c1C1(CCN(C(=O)Nc3ccc(F)c(F)c3)CC1)OCC2. The van der Waals surface area contributed by atoms with E-state index in [1.807, 2.05) is 12.1 Å². The molecule has 7 heteroatoms. The lowest BCUT2D eigenvalue weighted by molar-refractivity contribution is -0.0932. The van der Waals surface area contributed by atoms with Crippen molar-refractivity contribution in [3.63, 3.8) is 0 Å². The van der Waals surface area contributed by atoms with E-state index in [0.29, 0.717) is 32.5 Å². The molecule has 0 atom stereocenters. The fourth-order valence-electron chi connectivity index (χ4n) is 4.14. The van der Waals surface area contributed by atoms with E-state index in [2.05, 4.69) is 11.4 Å². The van der Waals surface area contributed by atoms with E-state index in [0.717, 1.165) is 29.9 Å². The average Bonchev–Trinajstić information content (AvgIpc) is 2.71. The zero-order chi connectivity index (χ0) is 19.7. The van der Waals surface area contributed by atoms with Gasteiger partial charge in [-0.3, -0.25) is 0 Å². The van der Waals surface area contributed by atoms with Crippen LogP contribution in [-0.2, 0) is 16.8 Å². The van der Waals surface area contributed by atoms with Gasteiger partial charge in [-0.25, -0.2) is 13.6 Å². The maximum atomic E-state index is 13.4. The highest BCUT2D eigenvalue weighted by molar-refractivity contribution is 5.89. The number of fused-ring (bicyclic) bond motifs is 2. The summed E-state index contributed by atoms with van der Waals surface area (Å²) in [4.78, 5) is 14.2. The fourth-order valence-corrected chi connectivity index (χ4v) is 4.14. The van der Waals surface area contributed by atoms with Gasteiger partial charge in [-0.05, 0) is 43.0 Å². The van der Waals surface area contributed by atoms with Crippen LogP contribution in [-0.4, -0.2) is 37.7 Å². The van der Waals surface area contributed by atoms with Crippen molar-refractivity contribution in [2.24, 2.45) is 0 Å². The quantitative estimate of drug-likeness (QED) is 0.844.